The molecule has 0 aliphatic carbocycles. The molecule has 0 bridgehead atoms. The molecule has 1 aromatic carbocycles. The van der Waals surface area contributed by atoms with Gasteiger partial charge in [-0.25, -0.2) is 0 Å². The fraction of sp³-hybridized carbons (Fsp3) is 0.367. The van der Waals surface area contributed by atoms with Crippen LogP contribution in [0.3, 0.4) is 0 Å². The molecule has 7 heteroatoms. The Morgan fingerprint density at radius 2 is 1.73 bits per heavy atom. The maximum atomic E-state index is 14.0. The third-order valence-electron chi connectivity index (χ3n) is 7.39. The summed E-state index contributed by atoms with van der Waals surface area (Å²) in [6, 6.07) is 14.8. The molecule has 2 aliphatic rings. The Kier molecular flexibility index (Phi) is 7.12. The van der Waals surface area contributed by atoms with Crippen molar-refractivity contribution in [2.24, 2.45) is 5.92 Å². The minimum atomic E-state index is -0.568. The molecule has 0 saturated carbocycles. The van der Waals surface area contributed by atoms with Crippen molar-refractivity contribution in [1.29, 1.82) is 0 Å². The smallest absolute Gasteiger partial charge is 0.230 e. The molecular formula is C30H32N4O3. The third kappa shape index (κ3) is 5.17. The second kappa shape index (κ2) is 10.6. The SMILES string of the molecule is CC(C)CC(C(=O)N1CCC2C1C(=O)CN2C(=O)Cc1cccnc1)c1cccc(-c2cccnc2)c1. The number of rotatable bonds is 7. The van der Waals surface area contributed by atoms with Crippen LogP contribution in [0.2, 0.25) is 0 Å². The number of fused-ring (bicyclic) bond motifs is 1. The molecule has 190 valence electrons. The second-order valence-corrected chi connectivity index (χ2v) is 10.4. The fourth-order valence-corrected chi connectivity index (χ4v) is 5.69. The molecule has 3 unspecified atom stereocenters. The molecule has 0 radical (unpaired) electrons. The van der Waals surface area contributed by atoms with Crippen molar-refractivity contribution in [3.63, 3.8) is 0 Å². The van der Waals surface area contributed by atoms with Crippen molar-refractivity contribution in [2.45, 2.75) is 51.1 Å². The van der Waals surface area contributed by atoms with Crippen molar-refractivity contribution in [3.8, 4) is 11.1 Å². The molecule has 3 atom stereocenters. The Bertz CT molecular complexity index is 1280. The van der Waals surface area contributed by atoms with Gasteiger partial charge in [0, 0.05) is 31.3 Å². The predicted molar refractivity (Wildman–Crippen MR) is 140 cm³/mol. The summed E-state index contributed by atoms with van der Waals surface area (Å²) in [5.74, 6) is -0.233. The number of ketones is 1. The number of aromatic nitrogens is 2. The minimum absolute atomic E-state index is 0.0283. The molecule has 0 spiro atoms. The van der Waals surface area contributed by atoms with E-state index in [2.05, 4.69) is 29.9 Å². The van der Waals surface area contributed by atoms with Gasteiger partial charge < -0.3 is 9.80 Å². The number of Topliss-reactive ketones (excluding diaryl/α,β-unsaturated/α-hetero) is 1. The Morgan fingerprint density at radius 1 is 0.973 bits per heavy atom. The molecule has 2 aliphatic heterocycles. The summed E-state index contributed by atoms with van der Waals surface area (Å²) in [6.07, 6.45) is 8.41. The highest BCUT2D eigenvalue weighted by molar-refractivity contribution is 5.98. The highest BCUT2D eigenvalue weighted by Crippen LogP contribution is 2.35. The molecule has 0 N–H and O–H groups in total. The molecule has 5 rings (SSSR count). The van der Waals surface area contributed by atoms with Crippen LogP contribution in [0.5, 0.6) is 0 Å². The first-order valence-corrected chi connectivity index (χ1v) is 12.9. The number of pyridine rings is 2. The zero-order valence-corrected chi connectivity index (χ0v) is 21.3. The zero-order valence-electron chi connectivity index (χ0n) is 21.3. The van der Waals surface area contributed by atoms with Crippen LogP contribution in [0, 0.1) is 5.92 Å². The van der Waals surface area contributed by atoms with E-state index in [1.165, 1.54) is 0 Å². The molecule has 7 nitrogen and oxygen atoms in total. The van der Waals surface area contributed by atoms with Gasteiger partial charge in [0.25, 0.3) is 0 Å². The van der Waals surface area contributed by atoms with Crippen LogP contribution >= 0.6 is 0 Å². The second-order valence-electron chi connectivity index (χ2n) is 10.4. The van der Waals surface area contributed by atoms with Gasteiger partial charge in [-0.1, -0.05) is 50.2 Å². The molecule has 2 amide bonds. The van der Waals surface area contributed by atoms with E-state index in [1.54, 1.807) is 34.5 Å². The van der Waals surface area contributed by atoms with E-state index in [-0.39, 0.29) is 42.5 Å². The van der Waals surface area contributed by atoms with E-state index in [1.807, 2.05) is 42.6 Å². The molecule has 2 aromatic heterocycles. The van der Waals surface area contributed by atoms with Crippen LogP contribution < -0.4 is 0 Å². The lowest BCUT2D eigenvalue weighted by atomic mass is 9.87. The van der Waals surface area contributed by atoms with Crippen molar-refractivity contribution < 1.29 is 14.4 Å². The average molecular weight is 497 g/mol. The van der Waals surface area contributed by atoms with Crippen LogP contribution in [-0.2, 0) is 20.8 Å². The zero-order chi connectivity index (χ0) is 25.9. The Labute approximate surface area is 217 Å². The number of nitrogens with zero attached hydrogens (tertiary/aromatic N) is 4. The molecule has 4 heterocycles. The number of carbonyl (C=O) groups is 3. The maximum absolute atomic E-state index is 14.0. The van der Waals surface area contributed by atoms with E-state index in [0.717, 1.165) is 22.3 Å². The molecular weight excluding hydrogens is 464 g/mol. The quantitative estimate of drug-likeness (QED) is 0.496. The largest absolute Gasteiger partial charge is 0.330 e. The number of hydrogen-bond donors (Lipinski definition) is 0. The number of likely N-dealkylation sites (tertiary alicyclic amines) is 2. The van der Waals surface area contributed by atoms with Crippen LogP contribution in [-0.4, -0.2) is 62.5 Å². The highest BCUT2D eigenvalue weighted by Gasteiger charge is 2.52. The predicted octanol–water partition coefficient (Wildman–Crippen LogP) is 3.90. The van der Waals surface area contributed by atoms with E-state index < -0.39 is 6.04 Å². The molecule has 37 heavy (non-hydrogen) atoms. The van der Waals surface area contributed by atoms with E-state index in [4.69, 9.17) is 0 Å². The summed E-state index contributed by atoms with van der Waals surface area (Å²) >= 11 is 0. The van der Waals surface area contributed by atoms with Gasteiger partial charge in [-0.15, -0.1) is 0 Å². The summed E-state index contributed by atoms with van der Waals surface area (Å²) < 4.78 is 0. The molecule has 2 saturated heterocycles. The Hall–Kier alpha value is -3.87. The van der Waals surface area contributed by atoms with Crippen molar-refractivity contribution >= 4 is 17.6 Å². The van der Waals surface area contributed by atoms with E-state index in [0.29, 0.717) is 25.3 Å². The lowest BCUT2D eigenvalue weighted by Gasteiger charge is -2.29. The first-order chi connectivity index (χ1) is 17.9. The number of amides is 2. The van der Waals surface area contributed by atoms with Crippen molar-refractivity contribution in [3.05, 3.63) is 84.4 Å². The summed E-state index contributed by atoms with van der Waals surface area (Å²) in [5, 5.41) is 0. The Morgan fingerprint density at radius 3 is 2.43 bits per heavy atom. The van der Waals surface area contributed by atoms with Crippen molar-refractivity contribution in [1.82, 2.24) is 19.8 Å². The van der Waals surface area contributed by atoms with Crippen LogP contribution in [0.1, 0.15) is 43.7 Å². The number of hydrogen-bond acceptors (Lipinski definition) is 5. The van der Waals surface area contributed by atoms with Gasteiger partial charge in [0.1, 0.15) is 6.04 Å². The van der Waals surface area contributed by atoms with Gasteiger partial charge in [-0.3, -0.25) is 24.4 Å². The number of carbonyl (C=O) groups excluding carboxylic acids is 3. The molecule has 3 aromatic rings. The van der Waals surface area contributed by atoms with Crippen molar-refractivity contribution in [2.75, 3.05) is 13.1 Å². The maximum Gasteiger partial charge on any atom is 0.230 e. The fourth-order valence-electron chi connectivity index (χ4n) is 5.69. The summed E-state index contributed by atoms with van der Waals surface area (Å²) in [4.78, 5) is 52.0. The summed E-state index contributed by atoms with van der Waals surface area (Å²) in [6.45, 7) is 4.76. The lowest BCUT2D eigenvalue weighted by Crippen LogP contribution is -2.45. The normalized spacial score (nSPS) is 19.8. The van der Waals surface area contributed by atoms with Crippen LogP contribution in [0.15, 0.2) is 73.3 Å². The Balaban J connectivity index is 1.37. The van der Waals surface area contributed by atoms with Gasteiger partial charge >= 0.3 is 0 Å². The third-order valence-corrected chi connectivity index (χ3v) is 7.39. The first-order valence-electron chi connectivity index (χ1n) is 12.9. The monoisotopic (exact) mass is 496 g/mol. The van der Waals surface area contributed by atoms with Crippen LogP contribution in [0.4, 0.5) is 0 Å². The molecule has 2 fully saturated rings. The van der Waals surface area contributed by atoms with Gasteiger partial charge in [0.05, 0.1) is 24.9 Å². The topological polar surface area (TPSA) is 83.5 Å². The summed E-state index contributed by atoms with van der Waals surface area (Å²) in [7, 11) is 0. The minimum Gasteiger partial charge on any atom is -0.330 e. The average Bonchev–Trinajstić information content (AvgIpc) is 3.49. The lowest BCUT2D eigenvalue weighted by molar-refractivity contribution is -0.138. The van der Waals surface area contributed by atoms with Gasteiger partial charge in [-0.05, 0) is 53.1 Å². The first kappa shape index (κ1) is 24.8. The van der Waals surface area contributed by atoms with Gasteiger partial charge in [0.2, 0.25) is 11.8 Å². The number of benzene rings is 1. The van der Waals surface area contributed by atoms with E-state index in [9.17, 15) is 14.4 Å². The standard InChI is InChI=1S/C30H32N4O3/c1-20(2)14-25(23-8-3-7-22(16-23)24-9-5-12-32-18-24)30(37)33-13-10-26-29(33)27(35)19-34(26)28(36)15-21-6-4-11-31-17-21/h3-9,11-12,16-18,20,25-26,29H,10,13-15,19H2,1-2H3. The van der Waals surface area contributed by atoms with E-state index >= 15 is 0 Å². The van der Waals surface area contributed by atoms with Crippen LogP contribution in [0.25, 0.3) is 11.1 Å². The highest BCUT2D eigenvalue weighted by atomic mass is 16.2. The van der Waals surface area contributed by atoms with Gasteiger partial charge in [0.15, 0.2) is 5.78 Å². The summed E-state index contributed by atoms with van der Waals surface area (Å²) in [5.41, 5.74) is 3.77. The van der Waals surface area contributed by atoms with Gasteiger partial charge in [-0.2, -0.15) is 0 Å².